The first-order valence-electron chi connectivity index (χ1n) is 5.96. The van der Waals surface area contributed by atoms with E-state index in [1.54, 1.807) is 31.4 Å². The van der Waals surface area contributed by atoms with Crippen LogP contribution in [0.1, 0.15) is 13.8 Å². The molecular formula is C13H20O4S. The molecule has 0 bridgehead atoms. The summed E-state index contributed by atoms with van der Waals surface area (Å²) >= 11 is 0. The van der Waals surface area contributed by atoms with E-state index in [2.05, 4.69) is 0 Å². The van der Waals surface area contributed by atoms with E-state index >= 15 is 0 Å². The highest BCUT2D eigenvalue weighted by atomic mass is 32.2. The van der Waals surface area contributed by atoms with Gasteiger partial charge in [-0.1, -0.05) is 0 Å². The SMILES string of the molecule is CCOC(CS(=O)c1ccc(OC)cc1)OCC. The molecular weight excluding hydrogens is 252 g/mol. The average molecular weight is 272 g/mol. The molecule has 1 unspecified atom stereocenters. The number of hydrogen-bond acceptors (Lipinski definition) is 4. The Hall–Kier alpha value is -0.910. The van der Waals surface area contributed by atoms with Gasteiger partial charge in [0.25, 0.3) is 0 Å². The van der Waals surface area contributed by atoms with Gasteiger partial charge in [-0.3, -0.25) is 4.21 Å². The van der Waals surface area contributed by atoms with Gasteiger partial charge in [0.15, 0.2) is 6.29 Å². The monoisotopic (exact) mass is 272 g/mol. The van der Waals surface area contributed by atoms with Crippen molar-refractivity contribution in [3.63, 3.8) is 0 Å². The normalized spacial score (nSPS) is 12.7. The van der Waals surface area contributed by atoms with Crippen LogP contribution in [0.3, 0.4) is 0 Å². The molecule has 0 saturated heterocycles. The Morgan fingerprint density at radius 3 is 2.11 bits per heavy atom. The second kappa shape index (κ2) is 8.24. The summed E-state index contributed by atoms with van der Waals surface area (Å²) in [5.74, 6) is 1.09. The molecule has 0 aromatic heterocycles. The molecule has 4 nitrogen and oxygen atoms in total. The van der Waals surface area contributed by atoms with Crippen molar-refractivity contribution in [1.29, 1.82) is 0 Å². The smallest absolute Gasteiger partial charge is 0.169 e. The molecule has 0 saturated carbocycles. The number of hydrogen-bond donors (Lipinski definition) is 0. The molecule has 0 heterocycles. The third kappa shape index (κ3) is 4.76. The summed E-state index contributed by atoms with van der Waals surface area (Å²) in [6, 6.07) is 7.18. The Bertz CT molecular complexity index is 358. The van der Waals surface area contributed by atoms with Crippen LogP contribution in [0.4, 0.5) is 0 Å². The quantitative estimate of drug-likeness (QED) is 0.681. The van der Waals surface area contributed by atoms with Gasteiger partial charge in [-0.25, -0.2) is 0 Å². The lowest BCUT2D eigenvalue weighted by molar-refractivity contribution is -0.120. The van der Waals surface area contributed by atoms with Crippen LogP contribution >= 0.6 is 0 Å². The van der Waals surface area contributed by atoms with E-state index in [1.807, 2.05) is 13.8 Å². The highest BCUT2D eigenvalue weighted by Crippen LogP contribution is 2.15. The Labute approximate surface area is 111 Å². The molecule has 1 aromatic rings. The van der Waals surface area contributed by atoms with E-state index in [0.717, 1.165) is 10.6 Å². The van der Waals surface area contributed by atoms with Crippen molar-refractivity contribution in [3.8, 4) is 5.75 Å². The van der Waals surface area contributed by atoms with Gasteiger partial charge >= 0.3 is 0 Å². The molecule has 0 spiro atoms. The number of ether oxygens (including phenoxy) is 3. The summed E-state index contributed by atoms with van der Waals surface area (Å²) in [4.78, 5) is 0.750. The molecule has 0 amide bonds. The third-order valence-electron chi connectivity index (χ3n) is 2.31. The Morgan fingerprint density at radius 2 is 1.67 bits per heavy atom. The molecule has 1 aromatic carbocycles. The molecule has 102 valence electrons. The number of methoxy groups -OCH3 is 1. The van der Waals surface area contributed by atoms with Crippen LogP contribution in [0.5, 0.6) is 5.75 Å². The first-order chi connectivity index (χ1) is 8.71. The summed E-state index contributed by atoms with van der Waals surface area (Å²) in [6.45, 7) is 4.87. The van der Waals surface area contributed by atoms with Gasteiger partial charge < -0.3 is 14.2 Å². The first-order valence-corrected chi connectivity index (χ1v) is 7.28. The van der Waals surface area contributed by atoms with Crippen molar-refractivity contribution in [3.05, 3.63) is 24.3 Å². The fourth-order valence-electron chi connectivity index (χ4n) is 1.46. The van der Waals surface area contributed by atoms with Gasteiger partial charge in [0.05, 0.1) is 23.7 Å². The Kier molecular flexibility index (Phi) is 6.93. The largest absolute Gasteiger partial charge is 0.497 e. The molecule has 1 atom stereocenters. The van der Waals surface area contributed by atoms with Crippen LogP contribution < -0.4 is 4.74 Å². The Morgan fingerprint density at radius 1 is 1.11 bits per heavy atom. The van der Waals surface area contributed by atoms with Gasteiger partial charge in [0.2, 0.25) is 0 Å². The molecule has 0 fully saturated rings. The van der Waals surface area contributed by atoms with Crippen molar-refractivity contribution in [1.82, 2.24) is 0 Å². The van der Waals surface area contributed by atoms with Gasteiger partial charge in [-0.15, -0.1) is 0 Å². The fraction of sp³-hybridized carbons (Fsp3) is 0.538. The summed E-state index contributed by atoms with van der Waals surface area (Å²) in [5.41, 5.74) is 0. The predicted molar refractivity (Wildman–Crippen MR) is 71.3 cm³/mol. The van der Waals surface area contributed by atoms with Crippen molar-refractivity contribution < 1.29 is 18.4 Å². The minimum Gasteiger partial charge on any atom is -0.497 e. The van der Waals surface area contributed by atoms with Crippen LogP contribution in [-0.2, 0) is 20.3 Å². The highest BCUT2D eigenvalue weighted by molar-refractivity contribution is 7.85. The van der Waals surface area contributed by atoms with E-state index < -0.39 is 17.1 Å². The molecule has 1 rings (SSSR count). The highest BCUT2D eigenvalue weighted by Gasteiger charge is 2.14. The van der Waals surface area contributed by atoms with Gasteiger partial charge in [0.1, 0.15) is 5.75 Å². The summed E-state index contributed by atoms with van der Waals surface area (Å²) < 4.78 is 27.9. The second-order valence-electron chi connectivity index (χ2n) is 3.53. The average Bonchev–Trinajstić information content (AvgIpc) is 2.39. The van der Waals surface area contributed by atoms with Crippen molar-refractivity contribution in [2.75, 3.05) is 26.1 Å². The summed E-state index contributed by atoms with van der Waals surface area (Å²) in [7, 11) is 0.471. The van der Waals surface area contributed by atoms with E-state index in [1.165, 1.54) is 0 Å². The van der Waals surface area contributed by atoms with Crippen molar-refractivity contribution >= 4 is 10.8 Å². The first kappa shape index (κ1) is 15.1. The molecule has 0 aliphatic rings. The molecule has 0 radical (unpaired) electrons. The molecule has 0 N–H and O–H groups in total. The lowest BCUT2D eigenvalue weighted by Gasteiger charge is -2.16. The van der Waals surface area contributed by atoms with E-state index in [9.17, 15) is 4.21 Å². The van der Waals surface area contributed by atoms with Crippen LogP contribution in [0.2, 0.25) is 0 Å². The maximum Gasteiger partial charge on any atom is 0.169 e. The fourth-order valence-corrected chi connectivity index (χ4v) is 2.54. The van der Waals surface area contributed by atoms with Crippen molar-refractivity contribution in [2.24, 2.45) is 0 Å². The minimum absolute atomic E-state index is 0.341. The van der Waals surface area contributed by atoms with Crippen LogP contribution in [0.25, 0.3) is 0 Å². The van der Waals surface area contributed by atoms with Gasteiger partial charge in [-0.05, 0) is 38.1 Å². The lowest BCUT2D eigenvalue weighted by Crippen LogP contribution is -2.24. The zero-order valence-electron chi connectivity index (χ0n) is 11.0. The molecule has 0 aliphatic heterocycles. The second-order valence-corrected chi connectivity index (χ2v) is 5.02. The zero-order valence-corrected chi connectivity index (χ0v) is 11.9. The summed E-state index contributed by atoms with van der Waals surface area (Å²) in [5, 5.41) is 0. The zero-order chi connectivity index (χ0) is 13.4. The van der Waals surface area contributed by atoms with Crippen LogP contribution in [0, 0.1) is 0 Å². The van der Waals surface area contributed by atoms with E-state index in [4.69, 9.17) is 14.2 Å². The van der Waals surface area contributed by atoms with Crippen LogP contribution in [0.15, 0.2) is 29.2 Å². The maximum atomic E-state index is 12.1. The van der Waals surface area contributed by atoms with Crippen molar-refractivity contribution in [2.45, 2.75) is 25.0 Å². The predicted octanol–water partition coefficient (Wildman–Crippen LogP) is 2.20. The minimum atomic E-state index is -1.13. The molecule has 0 aliphatic carbocycles. The van der Waals surface area contributed by atoms with Gasteiger partial charge in [-0.2, -0.15) is 0 Å². The number of rotatable bonds is 8. The topological polar surface area (TPSA) is 44.8 Å². The Balaban J connectivity index is 2.61. The van der Waals surface area contributed by atoms with Gasteiger partial charge in [0, 0.05) is 18.1 Å². The lowest BCUT2D eigenvalue weighted by atomic mass is 10.3. The molecule has 18 heavy (non-hydrogen) atoms. The standard InChI is InChI=1S/C13H20O4S/c1-4-16-13(17-5-2)10-18(14)12-8-6-11(15-3)7-9-12/h6-9,13H,4-5,10H2,1-3H3. The third-order valence-corrected chi connectivity index (χ3v) is 3.69. The van der Waals surface area contributed by atoms with E-state index in [-0.39, 0.29) is 0 Å². The molecule has 5 heteroatoms. The van der Waals surface area contributed by atoms with Crippen LogP contribution in [-0.4, -0.2) is 36.6 Å². The maximum absolute atomic E-state index is 12.1. The number of benzene rings is 1. The summed E-state index contributed by atoms with van der Waals surface area (Å²) in [6.07, 6.45) is -0.414. The van der Waals surface area contributed by atoms with E-state index in [0.29, 0.717) is 19.0 Å².